The van der Waals surface area contributed by atoms with Gasteiger partial charge in [-0.05, 0) is 52.3 Å². The van der Waals surface area contributed by atoms with Crippen LogP contribution in [0.15, 0.2) is 24.3 Å². The Morgan fingerprint density at radius 2 is 2.00 bits per heavy atom. The van der Waals surface area contributed by atoms with E-state index in [0.29, 0.717) is 18.6 Å². The summed E-state index contributed by atoms with van der Waals surface area (Å²) in [4.78, 5) is 21.5. The molecule has 2 atom stereocenters. The summed E-state index contributed by atoms with van der Waals surface area (Å²) < 4.78 is 1.21. The third kappa shape index (κ3) is 3.72. The van der Waals surface area contributed by atoms with E-state index >= 15 is 0 Å². The molecule has 2 unspecified atom stereocenters. The van der Waals surface area contributed by atoms with Crippen molar-refractivity contribution in [2.24, 2.45) is 0 Å². The average Bonchev–Trinajstić information content (AvgIpc) is 2.88. The zero-order valence-electron chi connectivity index (χ0n) is 14.2. The molecule has 4 nitrogen and oxygen atoms in total. The number of carbonyl (C=O) groups excluding carboxylic acids is 1. The van der Waals surface area contributed by atoms with Crippen LogP contribution in [0.25, 0.3) is 10.2 Å². The minimum Gasteiger partial charge on any atom is -0.336 e. The van der Waals surface area contributed by atoms with Crippen molar-refractivity contribution in [3.8, 4) is 0 Å². The van der Waals surface area contributed by atoms with Gasteiger partial charge in [-0.3, -0.25) is 9.69 Å². The molecule has 1 aromatic heterocycles. The molecule has 5 heteroatoms. The van der Waals surface area contributed by atoms with Crippen LogP contribution in [0.1, 0.15) is 38.1 Å². The number of hydrogen-bond acceptors (Lipinski definition) is 4. The lowest BCUT2D eigenvalue weighted by molar-refractivity contribution is -0.138. The summed E-state index contributed by atoms with van der Waals surface area (Å²) in [6.07, 6.45) is 3.48. The zero-order chi connectivity index (χ0) is 16.4. The van der Waals surface area contributed by atoms with E-state index in [4.69, 9.17) is 0 Å². The fourth-order valence-corrected chi connectivity index (χ4v) is 4.55. The van der Waals surface area contributed by atoms with E-state index in [1.54, 1.807) is 11.3 Å². The first-order valence-electron chi connectivity index (χ1n) is 8.38. The number of likely N-dealkylation sites (N-methyl/N-ethyl adjacent to an activating group) is 1. The van der Waals surface area contributed by atoms with Crippen LogP contribution >= 0.6 is 11.3 Å². The Labute approximate surface area is 142 Å². The number of nitrogens with zero attached hydrogens (tertiary/aromatic N) is 3. The average molecular weight is 331 g/mol. The molecule has 1 saturated heterocycles. The molecular formula is C18H25N3OS. The van der Waals surface area contributed by atoms with Gasteiger partial charge >= 0.3 is 0 Å². The second-order valence-corrected chi connectivity index (χ2v) is 7.79. The predicted octanol–water partition coefficient (Wildman–Crippen LogP) is 3.52. The molecule has 1 aromatic carbocycles. The van der Waals surface area contributed by atoms with E-state index in [-0.39, 0.29) is 5.91 Å². The zero-order valence-corrected chi connectivity index (χ0v) is 15.0. The van der Waals surface area contributed by atoms with Gasteiger partial charge in [-0.2, -0.15) is 0 Å². The lowest BCUT2D eigenvalue weighted by atomic mass is 9.97. The van der Waals surface area contributed by atoms with Gasteiger partial charge in [0.1, 0.15) is 5.01 Å². The molecule has 1 aliphatic rings. The van der Waals surface area contributed by atoms with Crippen LogP contribution in [0, 0.1) is 0 Å². The van der Waals surface area contributed by atoms with Gasteiger partial charge in [0.05, 0.1) is 23.3 Å². The van der Waals surface area contributed by atoms with E-state index in [1.807, 2.05) is 25.2 Å². The summed E-state index contributed by atoms with van der Waals surface area (Å²) in [7, 11) is 2.00. The van der Waals surface area contributed by atoms with Crippen molar-refractivity contribution in [1.82, 2.24) is 14.8 Å². The lowest BCUT2D eigenvalue weighted by Gasteiger charge is -2.39. The first-order valence-corrected chi connectivity index (χ1v) is 9.20. The van der Waals surface area contributed by atoms with Crippen LogP contribution < -0.4 is 0 Å². The number of fused-ring (bicyclic) bond motifs is 1. The Morgan fingerprint density at radius 1 is 1.30 bits per heavy atom. The van der Waals surface area contributed by atoms with Gasteiger partial charge in [-0.1, -0.05) is 12.1 Å². The minimum absolute atomic E-state index is 0.244. The van der Waals surface area contributed by atoms with Crippen molar-refractivity contribution >= 4 is 27.5 Å². The molecule has 1 fully saturated rings. The van der Waals surface area contributed by atoms with Gasteiger partial charge < -0.3 is 4.90 Å². The Balaban J connectivity index is 1.62. The SMILES string of the molecule is CC1CCCC(C)N1C(=O)CN(C)Cc1nc2ccccc2s1. The van der Waals surface area contributed by atoms with E-state index < -0.39 is 0 Å². The van der Waals surface area contributed by atoms with Crippen molar-refractivity contribution in [3.05, 3.63) is 29.3 Å². The number of thiazole rings is 1. The van der Waals surface area contributed by atoms with Gasteiger partial charge in [-0.25, -0.2) is 4.98 Å². The normalized spacial score (nSPS) is 22.0. The number of aromatic nitrogens is 1. The van der Waals surface area contributed by atoms with E-state index in [0.717, 1.165) is 29.9 Å². The van der Waals surface area contributed by atoms with Crippen LogP contribution in [-0.4, -0.2) is 46.4 Å². The number of hydrogen-bond donors (Lipinski definition) is 0. The van der Waals surface area contributed by atoms with Gasteiger partial charge in [0.25, 0.3) is 0 Å². The Kier molecular flexibility index (Phi) is 4.97. The summed E-state index contributed by atoms with van der Waals surface area (Å²) >= 11 is 1.71. The minimum atomic E-state index is 0.244. The van der Waals surface area contributed by atoms with Crippen molar-refractivity contribution in [1.29, 1.82) is 0 Å². The first kappa shape index (κ1) is 16.4. The third-order valence-electron chi connectivity index (χ3n) is 4.63. The second-order valence-electron chi connectivity index (χ2n) is 6.68. The molecule has 2 aromatic rings. The monoisotopic (exact) mass is 331 g/mol. The Hall–Kier alpha value is -1.46. The van der Waals surface area contributed by atoms with E-state index in [9.17, 15) is 4.79 Å². The molecule has 0 aliphatic carbocycles. The number of rotatable bonds is 4. The lowest BCUT2D eigenvalue weighted by Crippen LogP contribution is -2.50. The molecule has 0 spiro atoms. The van der Waals surface area contributed by atoms with Crippen molar-refractivity contribution < 1.29 is 4.79 Å². The van der Waals surface area contributed by atoms with Crippen LogP contribution in [0.4, 0.5) is 0 Å². The van der Waals surface area contributed by atoms with Gasteiger partial charge in [0, 0.05) is 12.1 Å². The molecule has 124 valence electrons. The molecule has 1 amide bonds. The summed E-state index contributed by atoms with van der Waals surface area (Å²) in [5.74, 6) is 0.244. The summed E-state index contributed by atoms with van der Waals surface area (Å²) in [6, 6.07) is 8.91. The standard InChI is InChI=1S/C18H25N3OS/c1-13-7-6-8-14(2)21(13)18(22)12-20(3)11-17-19-15-9-4-5-10-16(15)23-17/h4-5,9-10,13-14H,6-8,11-12H2,1-3H3. The van der Waals surface area contributed by atoms with Gasteiger partial charge in [0.2, 0.25) is 5.91 Å². The molecule has 0 N–H and O–H groups in total. The highest BCUT2D eigenvalue weighted by Gasteiger charge is 2.29. The van der Waals surface area contributed by atoms with Crippen LogP contribution in [0.3, 0.4) is 0 Å². The molecule has 0 saturated carbocycles. The highest BCUT2D eigenvalue weighted by Crippen LogP contribution is 2.24. The number of carbonyl (C=O) groups is 1. The Morgan fingerprint density at radius 3 is 2.70 bits per heavy atom. The molecule has 0 radical (unpaired) electrons. The summed E-state index contributed by atoms with van der Waals surface area (Å²) in [5.41, 5.74) is 1.05. The fourth-order valence-electron chi connectivity index (χ4n) is 3.50. The largest absolute Gasteiger partial charge is 0.336 e. The highest BCUT2D eigenvalue weighted by molar-refractivity contribution is 7.18. The maximum absolute atomic E-state index is 12.7. The van der Waals surface area contributed by atoms with Crippen LogP contribution in [0.2, 0.25) is 0 Å². The topological polar surface area (TPSA) is 36.4 Å². The van der Waals surface area contributed by atoms with E-state index in [2.05, 4.69) is 34.7 Å². The molecular weight excluding hydrogens is 306 g/mol. The summed E-state index contributed by atoms with van der Waals surface area (Å²) in [6.45, 7) is 5.52. The van der Waals surface area contributed by atoms with Crippen molar-refractivity contribution in [2.45, 2.75) is 51.7 Å². The van der Waals surface area contributed by atoms with Gasteiger partial charge in [-0.15, -0.1) is 11.3 Å². The number of piperidine rings is 1. The highest BCUT2D eigenvalue weighted by atomic mass is 32.1. The summed E-state index contributed by atoms with van der Waals surface area (Å²) in [5, 5.41) is 1.07. The maximum atomic E-state index is 12.7. The Bertz CT molecular complexity index is 641. The van der Waals surface area contributed by atoms with Crippen LogP contribution in [0.5, 0.6) is 0 Å². The number of para-hydroxylation sites is 1. The molecule has 2 heterocycles. The smallest absolute Gasteiger partial charge is 0.237 e. The number of amides is 1. The van der Waals surface area contributed by atoms with Gasteiger partial charge in [0.15, 0.2) is 0 Å². The molecule has 3 rings (SSSR count). The fraction of sp³-hybridized carbons (Fsp3) is 0.556. The second kappa shape index (κ2) is 6.97. The first-order chi connectivity index (χ1) is 11.0. The third-order valence-corrected chi connectivity index (χ3v) is 5.65. The number of likely N-dealkylation sites (tertiary alicyclic amines) is 1. The van der Waals surface area contributed by atoms with Crippen LogP contribution in [-0.2, 0) is 11.3 Å². The predicted molar refractivity (Wildman–Crippen MR) is 95.6 cm³/mol. The molecule has 0 bridgehead atoms. The molecule has 23 heavy (non-hydrogen) atoms. The van der Waals surface area contributed by atoms with Crippen molar-refractivity contribution in [2.75, 3.05) is 13.6 Å². The maximum Gasteiger partial charge on any atom is 0.237 e. The van der Waals surface area contributed by atoms with Crippen molar-refractivity contribution in [3.63, 3.8) is 0 Å². The van der Waals surface area contributed by atoms with E-state index in [1.165, 1.54) is 11.1 Å². The molecule has 1 aliphatic heterocycles. The quantitative estimate of drug-likeness (QED) is 0.860. The number of benzene rings is 1.